The van der Waals surface area contributed by atoms with Gasteiger partial charge in [-0.3, -0.25) is 9.59 Å². The van der Waals surface area contributed by atoms with Crippen molar-refractivity contribution < 1.29 is 27.5 Å². The number of carbonyl (C=O) groups is 2. The van der Waals surface area contributed by atoms with Gasteiger partial charge < -0.3 is 14.4 Å². The third-order valence-corrected chi connectivity index (χ3v) is 7.98. The zero-order valence-corrected chi connectivity index (χ0v) is 19.7. The largest absolute Gasteiger partial charge is 0.492 e. The number of piperazine rings is 1. The highest BCUT2D eigenvalue weighted by Crippen LogP contribution is 2.30. The van der Waals surface area contributed by atoms with Crippen LogP contribution in [-0.4, -0.2) is 68.4 Å². The molecular weight excluding hydrogens is 468 g/mol. The van der Waals surface area contributed by atoms with Gasteiger partial charge in [0.1, 0.15) is 12.4 Å². The van der Waals surface area contributed by atoms with E-state index in [0.29, 0.717) is 17.2 Å². The maximum absolute atomic E-state index is 12.8. The first-order chi connectivity index (χ1) is 15.8. The summed E-state index contributed by atoms with van der Waals surface area (Å²) in [6.45, 7) is 2.51. The summed E-state index contributed by atoms with van der Waals surface area (Å²) in [5.41, 5.74) is 0.824. The first-order valence-electron chi connectivity index (χ1n) is 10.7. The van der Waals surface area contributed by atoms with E-state index in [-0.39, 0.29) is 43.6 Å². The molecule has 2 aromatic carbocycles. The summed E-state index contributed by atoms with van der Waals surface area (Å²) in [6, 6.07) is 13.5. The second-order valence-corrected chi connectivity index (χ2v) is 10.5. The van der Waals surface area contributed by atoms with Crippen molar-refractivity contribution >= 4 is 33.5 Å². The van der Waals surface area contributed by atoms with Gasteiger partial charge in [0.2, 0.25) is 10.0 Å². The lowest BCUT2D eigenvalue weighted by Gasteiger charge is -2.35. The lowest BCUT2D eigenvalue weighted by atomic mass is 9.97. The van der Waals surface area contributed by atoms with Gasteiger partial charge >= 0.3 is 5.97 Å². The van der Waals surface area contributed by atoms with E-state index in [1.807, 2.05) is 0 Å². The number of hydrogen-bond acceptors (Lipinski definition) is 6. The molecule has 2 aliphatic rings. The van der Waals surface area contributed by atoms with Crippen molar-refractivity contribution in [3.05, 3.63) is 59.1 Å². The molecule has 0 spiro atoms. The first kappa shape index (κ1) is 23.5. The van der Waals surface area contributed by atoms with Gasteiger partial charge in [-0.25, -0.2) is 8.42 Å². The van der Waals surface area contributed by atoms with Crippen molar-refractivity contribution in [1.29, 1.82) is 0 Å². The van der Waals surface area contributed by atoms with Crippen LogP contribution < -0.4 is 4.74 Å². The third-order valence-electron chi connectivity index (χ3n) is 5.83. The molecule has 176 valence electrons. The van der Waals surface area contributed by atoms with Crippen molar-refractivity contribution in [2.45, 2.75) is 24.3 Å². The molecule has 0 bridgehead atoms. The first-order valence-corrected chi connectivity index (χ1v) is 12.5. The quantitative estimate of drug-likeness (QED) is 0.595. The second kappa shape index (κ2) is 9.70. The molecule has 2 aliphatic heterocycles. The minimum atomic E-state index is -3.61. The van der Waals surface area contributed by atoms with E-state index in [2.05, 4.69) is 0 Å². The van der Waals surface area contributed by atoms with Crippen LogP contribution in [0.25, 0.3) is 0 Å². The van der Waals surface area contributed by atoms with Crippen molar-refractivity contribution in [2.24, 2.45) is 5.92 Å². The zero-order valence-electron chi connectivity index (χ0n) is 18.1. The summed E-state index contributed by atoms with van der Waals surface area (Å²) in [5, 5.41) is 0.559. The van der Waals surface area contributed by atoms with Crippen LogP contribution in [0.5, 0.6) is 5.75 Å². The van der Waals surface area contributed by atoms with Gasteiger partial charge in [-0.1, -0.05) is 29.8 Å². The highest BCUT2D eigenvalue weighted by Gasteiger charge is 2.34. The van der Waals surface area contributed by atoms with Gasteiger partial charge in [-0.05, 0) is 49.2 Å². The average molecular weight is 493 g/mol. The summed E-state index contributed by atoms with van der Waals surface area (Å²) >= 11 is 6.03. The Kier molecular flexibility index (Phi) is 6.92. The maximum atomic E-state index is 12.8. The topological polar surface area (TPSA) is 93.2 Å². The molecule has 2 atom stereocenters. The summed E-state index contributed by atoms with van der Waals surface area (Å²) < 4.78 is 38.0. The molecule has 4 rings (SSSR count). The normalized spacial score (nSPS) is 19.8. The number of nitrogens with zero attached hydrogens (tertiary/aromatic N) is 2. The summed E-state index contributed by atoms with van der Waals surface area (Å²) in [4.78, 5) is 27.2. The fourth-order valence-electron chi connectivity index (χ4n) is 3.98. The van der Waals surface area contributed by atoms with Crippen LogP contribution in [0.2, 0.25) is 5.02 Å². The molecule has 0 saturated carbocycles. The average Bonchev–Trinajstić information content (AvgIpc) is 2.83. The lowest BCUT2D eigenvalue weighted by Crippen LogP contribution is -2.53. The van der Waals surface area contributed by atoms with Crippen molar-refractivity contribution in [3.8, 4) is 5.75 Å². The van der Waals surface area contributed by atoms with Crippen LogP contribution in [0.15, 0.2) is 53.4 Å². The standard InChI is InChI=1S/C23H25ClN2O6S/c1-16(32-23(28)18-13-17-14-19(24)7-8-21(17)31-15-18)22(27)25-9-11-26(12-10-25)33(29,30)20-5-3-2-4-6-20/h2-8,14,16,18H,9-13,15H2,1H3/t16-,18-/m1/s1. The Morgan fingerprint density at radius 2 is 1.79 bits per heavy atom. The molecule has 0 aliphatic carbocycles. The zero-order chi connectivity index (χ0) is 23.6. The minimum Gasteiger partial charge on any atom is -0.492 e. The Hall–Kier alpha value is -2.62. The molecular formula is C23H25ClN2O6S. The Balaban J connectivity index is 1.31. The molecule has 33 heavy (non-hydrogen) atoms. The van der Waals surface area contributed by atoms with Gasteiger partial charge in [0, 0.05) is 31.2 Å². The number of amides is 1. The van der Waals surface area contributed by atoms with Crippen LogP contribution in [0.3, 0.4) is 0 Å². The molecule has 0 unspecified atom stereocenters. The number of carbonyl (C=O) groups excluding carboxylic acids is 2. The predicted molar refractivity (Wildman–Crippen MR) is 121 cm³/mol. The molecule has 8 nitrogen and oxygen atoms in total. The van der Waals surface area contributed by atoms with Gasteiger partial charge in [0.15, 0.2) is 6.10 Å². The van der Waals surface area contributed by atoms with Gasteiger partial charge in [0.05, 0.1) is 10.8 Å². The molecule has 1 amide bonds. The highest BCUT2D eigenvalue weighted by molar-refractivity contribution is 7.89. The van der Waals surface area contributed by atoms with E-state index in [1.165, 1.54) is 16.1 Å². The van der Waals surface area contributed by atoms with E-state index in [0.717, 1.165) is 5.56 Å². The van der Waals surface area contributed by atoms with Crippen molar-refractivity contribution in [1.82, 2.24) is 9.21 Å². The molecule has 0 radical (unpaired) electrons. The van der Waals surface area contributed by atoms with Crippen LogP contribution in [0.4, 0.5) is 0 Å². The predicted octanol–water partition coefficient (Wildman–Crippen LogP) is 2.36. The fraction of sp³-hybridized carbons (Fsp3) is 0.391. The number of esters is 1. The van der Waals surface area contributed by atoms with Gasteiger partial charge in [0.25, 0.3) is 5.91 Å². The van der Waals surface area contributed by atoms with Crippen LogP contribution in [0, 0.1) is 5.92 Å². The number of fused-ring (bicyclic) bond motifs is 1. The Morgan fingerprint density at radius 1 is 1.09 bits per heavy atom. The summed E-state index contributed by atoms with van der Waals surface area (Å²) in [6.07, 6.45) is -0.554. The SMILES string of the molecule is C[C@@H](OC(=O)[C@H]1COc2ccc(Cl)cc2C1)C(=O)N1CCN(S(=O)(=O)c2ccccc2)CC1. The molecule has 1 fully saturated rings. The Labute approximate surface area is 198 Å². The Morgan fingerprint density at radius 3 is 2.48 bits per heavy atom. The van der Waals surface area contributed by atoms with E-state index in [9.17, 15) is 18.0 Å². The lowest BCUT2D eigenvalue weighted by molar-refractivity contribution is -0.164. The van der Waals surface area contributed by atoms with Gasteiger partial charge in [-0.15, -0.1) is 0 Å². The molecule has 2 aromatic rings. The molecule has 1 saturated heterocycles. The van der Waals surface area contributed by atoms with E-state index < -0.39 is 28.0 Å². The van der Waals surface area contributed by atoms with E-state index >= 15 is 0 Å². The molecule has 2 heterocycles. The third kappa shape index (κ3) is 5.15. The van der Waals surface area contributed by atoms with Gasteiger partial charge in [-0.2, -0.15) is 4.31 Å². The number of halogens is 1. The maximum Gasteiger partial charge on any atom is 0.313 e. The number of benzene rings is 2. The van der Waals surface area contributed by atoms with Crippen LogP contribution in [-0.2, 0) is 30.8 Å². The Bertz CT molecular complexity index is 1130. The summed E-state index contributed by atoms with van der Waals surface area (Å²) in [7, 11) is -3.61. The monoisotopic (exact) mass is 492 g/mol. The smallest absolute Gasteiger partial charge is 0.313 e. The van der Waals surface area contributed by atoms with Crippen molar-refractivity contribution in [2.75, 3.05) is 32.8 Å². The molecule has 10 heteroatoms. The molecule has 0 N–H and O–H groups in total. The fourth-order valence-corrected chi connectivity index (χ4v) is 5.62. The number of ether oxygens (including phenoxy) is 2. The van der Waals surface area contributed by atoms with Crippen LogP contribution in [0.1, 0.15) is 12.5 Å². The van der Waals surface area contributed by atoms with Crippen molar-refractivity contribution in [3.63, 3.8) is 0 Å². The number of hydrogen-bond donors (Lipinski definition) is 0. The van der Waals surface area contributed by atoms with E-state index in [4.69, 9.17) is 21.1 Å². The second-order valence-electron chi connectivity index (χ2n) is 8.09. The highest BCUT2D eigenvalue weighted by atomic mass is 35.5. The molecule has 0 aromatic heterocycles. The minimum absolute atomic E-state index is 0.171. The summed E-state index contributed by atoms with van der Waals surface area (Å²) in [5.74, 6) is -0.693. The van der Waals surface area contributed by atoms with E-state index in [1.54, 1.807) is 48.5 Å². The number of sulfonamides is 1. The van der Waals surface area contributed by atoms with Crippen LogP contribution >= 0.6 is 11.6 Å². The number of rotatable bonds is 5.